The molecule has 1 N–H and O–H groups in total. The molecule has 5 atom stereocenters. The Hall–Kier alpha value is -2.70. The lowest BCUT2D eigenvalue weighted by molar-refractivity contribution is -0.139. The minimum absolute atomic E-state index is 0.00781. The molecule has 3 heterocycles. The molecule has 49 heavy (non-hydrogen) atoms. The Balaban J connectivity index is 1.24. The van der Waals surface area contributed by atoms with Crippen molar-refractivity contribution in [3.05, 3.63) is 64.7 Å². The van der Waals surface area contributed by atoms with E-state index >= 15 is 0 Å². The summed E-state index contributed by atoms with van der Waals surface area (Å²) in [5, 5.41) is 0.717. The van der Waals surface area contributed by atoms with Gasteiger partial charge >= 0.3 is 0 Å². The standard InChI is InChI=1S/C37H47ClFN3O6S/c1-36(2)35(43)40-49(44,45)29-9-12-34-32(20-29)42(23-37(24-47-34)14-3-5-25-19-27(38)8-11-31(25)37)21-26-7-10-30(26)33(6-4-17-48-36)46-18-16-41-15-13-28(39)22-41/h4,6,8-9,11-12,19-20,26,28,30,33H,3,5,7,10,13-18,21-24H2,1-2H3,(H,40,43)/b6-4+/t26-,28-,30+,33-,37-/m0/s1. The van der Waals surface area contributed by atoms with Gasteiger partial charge < -0.3 is 19.1 Å². The fraction of sp³-hybridized carbons (Fsp3) is 0.595. The third kappa shape index (κ3) is 7.24. The van der Waals surface area contributed by atoms with Crippen LogP contribution in [0.15, 0.2) is 53.4 Å². The summed E-state index contributed by atoms with van der Waals surface area (Å²) in [5.41, 5.74) is 1.44. The van der Waals surface area contributed by atoms with Crippen LogP contribution in [0, 0.1) is 11.8 Å². The van der Waals surface area contributed by atoms with Crippen molar-refractivity contribution in [3.63, 3.8) is 0 Å². The number of rotatable bonds is 4. The van der Waals surface area contributed by atoms with E-state index in [9.17, 15) is 17.6 Å². The second-order valence-corrected chi connectivity index (χ2v) is 17.1. The average Bonchev–Trinajstić information content (AvgIpc) is 3.40. The van der Waals surface area contributed by atoms with Crippen LogP contribution in [-0.2, 0) is 36.1 Å². The second kappa shape index (κ2) is 13.8. The van der Waals surface area contributed by atoms with Gasteiger partial charge in [-0.25, -0.2) is 17.5 Å². The average molecular weight is 716 g/mol. The maximum atomic E-state index is 13.8. The molecule has 5 aliphatic rings. The molecule has 2 bridgehead atoms. The molecule has 0 radical (unpaired) electrons. The highest BCUT2D eigenvalue weighted by Gasteiger charge is 2.45. The fourth-order valence-electron chi connectivity index (χ4n) is 8.24. The van der Waals surface area contributed by atoms with Crippen molar-refractivity contribution >= 4 is 33.2 Å². The Morgan fingerprint density at radius 2 is 1.98 bits per heavy atom. The lowest BCUT2D eigenvalue weighted by atomic mass is 9.68. The van der Waals surface area contributed by atoms with E-state index in [1.807, 2.05) is 18.2 Å². The number of nitrogens with zero attached hydrogens (tertiary/aromatic N) is 2. The first-order valence-electron chi connectivity index (χ1n) is 17.6. The summed E-state index contributed by atoms with van der Waals surface area (Å²) >= 11 is 6.44. The number of alkyl halides is 1. The van der Waals surface area contributed by atoms with Crippen molar-refractivity contribution in [1.82, 2.24) is 9.62 Å². The van der Waals surface area contributed by atoms with E-state index in [4.69, 9.17) is 25.8 Å². The van der Waals surface area contributed by atoms with Gasteiger partial charge in [0.1, 0.15) is 17.5 Å². The number of aryl methyl sites for hydroxylation is 1. The van der Waals surface area contributed by atoms with Gasteiger partial charge in [0.2, 0.25) is 0 Å². The van der Waals surface area contributed by atoms with Crippen LogP contribution in [0.25, 0.3) is 0 Å². The van der Waals surface area contributed by atoms with E-state index in [0.29, 0.717) is 57.3 Å². The first-order valence-corrected chi connectivity index (χ1v) is 19.5. The van der Waals surface area contributed by atoms with Crippen LogP contribution >= 0.6 is 11.6 Å². The number of carbonyl (C=O) groups excluding carboxylic acids is 1. The summed E-state index contributed by atoms with van der Waals surface area (Å²) < 4.78 is 62.4. The van der Waals surface area contributed by atoms with E-state index in [1.165, 1.54) is 17.2 Å². The van der Waals surface area contributed by atoms with Crippen molar-refractivity contribution in [1.29, 1.82) is 0 Å². The number of fused-ring (bicyclic) bond motifs is 4. The summed E-state index contributed by atoms with van der Waals surface area (Å²) in [5.74, 6) is 0.364. The van der Waals surface area contributed by atoms with Gasteiger partial charge in [-0.15, -0.1) is 0 Å². The van der Waals surface area contributed by atoms with Crippen molar-refractivity contribution in [2.24, 2.45) is 11.8 Å². The highest BCUT2D eigenvalue weighted by molar-refractivity contribution is 7.90. The first kappa shape index (κ1) is 34.7. The maximum absolute atomic E-state index is 13.8. The van der Waals surface area contributed by atoms with E-state index in [2.05, 4.69) is 26.7 Å². The molecule has 2 fully saturated rings. The third-order valence-electron chi connectivity index (χ3n) is 11.2. The molecule has 1 amide bonds. The van der Waals surface area contributed by atoms with Gasteiger partial charge in [-0.2, -0.15) is 0 Å². The molecular weight excluding hydrogens is 669 g/mol. The predicted molar refractivity (Wildman–Crippen MR) is 187 cm³/mol. The Morgan fingerprint density at radius 3 is 2.76 bits per heavy atom. The molecular formula is C37H47ClFN3O6S. The minimum Gasteiger partial charge on any atom is -0.490 e. The number of benzene rings is 2. The number of likely N-dealkylation sites (tertiary alicyclic amines) is 1. The van der Waals surface area contributed by atoms with Gasteiger partial charge in [-0.1, -0.05) is 29.8 Å². The van der Waals surface area contributed by atoms with Crippen LogP contribution in [0.1, 0.15) is 57.1 Å². The SMILES string of the molecule is CC1(C)OC/C=C/[C@H](OCCN2CC[C@H](F)C2)[C@@H]2CC[C@H]2CN2C[C@@]3(CCCc4cc(Cl)ccc43)COc3ccc(cc32)S(=O)(=O)NC1=O. The van der Waals surface area contributed by atoms with Crippen LogP contribution in [0.3, 0.4) is 0 Å². The molecule has 0 unspecified atom stereocenters. The summed E-state index contributed by atoms with van der Waals surface area (Å²) in [7, 11) is -4.21. The number of ether oxygens (including phenoxy) is 3. The maximum Gasteiger partial charge on any atom is 0.265 e. The van der Waals surface area contributed by atoms with Crippen LogP contribution in [-0.4, -0.2) is 89.6 Å². The number of hydrogen-bond acceptors (Lipinski definition) is 8. The molecule has 2 aromatic rings. The number of hydrogen-bond donors (Lipinski definition) is 1. The molecule has 1 saturated heterocycles. The highest BCUT2D eigenvalue weighted by Crippen LogP contribution is 2.47. The molecule has 266 valence electrons. The molecule has 12 heteroatoms. The number of anilines is 1. The molecule has 1 spiro atoms. The first-order chi connectivity index (χ1) is 23.4. The van der Waals surface area contributed by atoms with E-state index in [-0.39, 0.29) is 34.9 Å². The Kier molecular flexibility index (Phi) is 9.77. The van der Waals surface area contributed by atoms with Gasteiger partial charge in [-0.3, -0.25) is 9.69 Å². The molecule has 1 saturated carbocycles. The topological polar surface area (TPSA) is 97.4 Å². The van der Waals surface area contributed by atoms with Crippen molar-refractivity contribution in [3.8, 4) is 5.75 Å². The predicted octanol–water partition coefficient (Wildman–Crippen LogP) is 5.44. The smallest absolute Gasteiger partial charge is 0.265 e. The van der Waals surface area contributed by atoms with Gasteiger partial charge in [0.15, 0.2) is 0 Å². The summed E-state index contributed by atoms with van der Waals surface area (Å²) in [6, 6.07) is 11.0. The molecule has 2 aliphatic carbocycles. The van der Waals surface area contributed by atoms with Crippen molar-refractivity contribution in [2.75, 3.05) is 57.4 Å². The number of halogens is 2. The van der Waals surface area contributed by atoms with Crippen LogP contribution in [0.4, 0.5) is 10.1 Å². The number of nitrogens with one attached hydrogen (secondary N) is 1. The van der Waals surface area contributed by atoms with Gasteiger partial charge in [0, 0.05) is 43.2 Å². The zero-order valence-electron chi connectivity index (χ0n) is 28.3. The van der Waals surface area contributed by atoms with E-state index < -0.39 is 27.7 Å². The van der Waals surface area contributed by atoms with Crippen LogP contribution < -0.4 is 14.4 Å². The Bertz CT molecular complexity index is 1700. The third-order valence-corrected chi connectivity index (χ3v) is 12.8. The van der Waals surface area contributed by atoms with Crippen molar-refractivity contribution < 1.29 is 31.8 Å². The Morgan fingerprint density at radius 1 is 1.12 bits per heavy atom. The van der Waals surface area contributed by atoms with Gasteiger partial charge in [-0.05, 0) is 106 Å². The molecule has 9 nitrogen and oxygen atoms in total. The molecule has 3 aliphatic heterocycles. The lowest BCUT2D eigenvalue weighted by Crippen LogP contribution is -2.50. The summed E-state index contributed by atoms with van der Waals surface area (Å²) in [6.45, 7) is 7.37. The van der Waals surface area contributed by atoms with Gasteiger partial charge in [0.05, 0.1) is 36.5 Å². The number of carbonyl (C=O) groups is 1. The number of amides is 1. The Labute approximate surface area is 294 Å². The minimum atomic E-state index is -4.21. The summed E-state index contributed by atoms with van der Waals surface area (Å²) in [4.78, 5) is 17.7. The van der Waals surface area contributed by atoms with Crippen molar-refractivity contribution in [2.45, 2.75) is 80.6 Å². The van der Waals surface area contributed by atoms with Crippen LogP contribution in [0.2, 0.25) is 5.02 Å². The molecule has 7 rings (SSSR count). The quantitative estimate of drug-likeness (QED) is 0.419. The monoisotopic (exact) mass is 715 g/mol. The second-order valence-electron chi connectivity index (χ2n) is 14.9. The van der Waals surface area contributed by atoms with Gasteiger partial charge in [0.25, 0.3) is 15.9 Å². The lowest BCUT2D eigenvalue weighted by Gasteiger charge is -2.46. The fourth-order valence-corrected chi connectivity index (χ4v) is 9.56. The molecule has 0 aromatic heterocycles. The molecule has 2 aromatic carbocycles. The zero-order chi connectivity index (χ0) is 34.4. The van der Waals surface area contributed by atoms with Crippen LogP contribution in [0.5, 0.6) is 5.75 Å². The van der Waals surface area contributed by atoms with E-state index in [0.717, 1.165) is 43.7 Å². The highest BCUT2D eigenvalue weighted by atomic mass is 35.5. The largest absolute Gasteiger partial charge is 0.490 e. The number of sulfonamides is 1. The summed E-state index contributed by atoms with van der Waals surface area (Å²) in [6.07, 6.45) is 8.38. The zero-order valence-corrected chi connectivity index (χ0v) is 29.9. The normalized spacial score (nSPS) is 31.8. The van der Waals surface area contributed by atoms with E-state index in [1.54, 1.807) is 26.0 Å².